The maximum atomic E-state index is 12.3. The Bertz CT molecular complexity index is 550. The van der Waals surface area contributed by atoms with Crippen LogP contribution in [0.2, 0.25) is 0 Å². The van der Waals surface area contributed by atoms with E-state index in [2.05, 4.69) is 6.07 Å². The van der Waals surface area contributed by atoms with E-state index >= 15 is 0 Å². The predicted molar refractivity (Wildman–Crippen MR) is 68.3 cm³/mol. The summed E-state index contributed by atoms with van der Waals surface area (Å²) >= 11 is 0. The Morgan fingerprint density at radius 1 is 1.22 bits per heavy atom. The minimum Gasteiger partial charge on any atom is -0.207 e. The van der Waals surface area contributed by atoms with Crippen molar-refractivity contribution in [2.75, 3.05) is 13.1 Å². The topological polar surface area (TPSA) is 61.2 Å². The molecule has 1 aliphatic heterocycles. The molecule has 0 N–H and O–H groups in total. The number of hydrogen-bond acceptors (Lipinski definition) is 3. The molecule has 0 atom stereocenters. The lowest BCUT2D eigenvalue weighted by Gasteiger charge is -2.28. The summed E-state index contributed by atoms with van der Waals surface area (Å²) in [5.74, 6) is -0.00512. The average Bonchev–Trinajstić information content (AvgIpc) is 2.39. The van der Waals surface area contributed by atoms with Gasteiger partial charge in [-0.3, -0.25) is 0 Å². The third kappa shape index (κ3) is 2.55. The first-order valence-corrected chi connectivity index (χ1v) is 7.44. The molecule has 2 rings (SSSR count). The van der Waals surface area contributed by atoms with Crippen molar-refractivity contribution in [2.24, 2.45) is 5.92 Å². The first-order chi connectivity index (χ1) is 8.54. The van der Waals surface area contributed by atoms with Crippen LogP contribution in [0.5, 0.6) is 0 Å². The van der Waals surface area contributed by atoms with Crippen molar-refractivity contribution in [3.05, 3.63) is 29.8 Å². The highest BCUT2D eigenvalue weighted by molar-refractivity contribution is 7.89. The summed E-state index contributed by atoms with van der Waals surface area (Å²) in [6.45, 7) is 2.80. The number of rotatable bonds is 2. The molecule has 0 amide bonds. The van der Waals surface area contributed by atoms with E-state index in [0.717, 1.165) is 5.56 Å². The molecule has 18 heavy (non-hydrogen) atoms. The molecule has 1 heterocycles. The van der Waals surface area contributed by atoms with Crippen LogP contribution in [0.3, 0.4) is 0 Å². The molecular formula is C13H16N2O2S. The van der Waals surface area contributed by atoms with Gasteiger partial charge in [0, 0.05) is 19.0 Å². The van der Waals surface area contributed by atoms with E-state index in [4.69, 9.17) is 5.26 Å². The van der Waals surface area contributed by atoms with Crippen LogP contribution in [0.25, 0.3) is 0 Å². The summed E-state index contributed by atoms with van der Waals surface area (Å²) in [4.78, 5) is 0.337. The average molecular weight is 264 g/mol. The maximum Gasteiger partial charge on any atom is 0.243 e. The van der Waals surface area contributed by atoms with E-state index < -0.39 is 10.0 Å². The minimum absolute atomic E-state index is 0.00512. The molecule has 1 aliphatic rings. The number of nitriles is 1. The number of sulfonamides is 1. The fourth-order valence-corrected chi connectivity index (χ4v) is 3.55. The van der Waals surface area contributed by atoms with Gasteiger partial charge in [0.25, 0.3) is 0 Å². The van der Waals surface area contributed by atoms with Gasteiger partial charge in [0.05, 0.1) is 11.0 Å². The van der Waals surface area contributed by atoms with Crippen LogP contribution in [-0.2, 0) is 10.0 Å². The van der Waals surface area contributed by atoms with Gasteiger partial charge in [-0.2, -0.15) is 9.57 Å². The lowest BCUT2D eigenvalue weighted by Crippen LogP contribution is -2.38. The monoisotopic (exact) mass is 264 g/mol. The molecule has 5 heteroatoms. The highest BCUT2D eigenvalue weighted by atomic mass is 32.2. The largest absolute Gasteiger partial charge is 0.243 e. The molecule has 1 fully saturated rings. The van der Waals surface area contributed by atoms with Crippen LogP contribution < -0.4 is 0 Å². The lowest BCUT2D eigenvalue weighted by molar-refractivity contribution is 0.310. The molecule has 0 saturated carbocycles. The van der Waals surface area contributed by atoms with Crippen molar-refractivity contribution in [3.63, 3.8) is 0 Å². The van der Waals surface area contributed by atoms with Crippen molar-refractivity contribution < 1.29 is 8.42 Å². The second-order valence-electron chi connectivity index (χ2n) is 4.62. The SMILES string of the molecule is Cc1ccc(S(=O)(=O)N2CCC(C#N)CC2)cc1. The van der Waals surface area contributed by atoms with E-state index in [1.807, 2.05) is 6.92 Å². The molecule has 1 saturated heterocycles. The first kappa shape index (κ1) is 13.1. The lowest BCUT2D eigenvalue weighted by atomic mass is 10.0. The van der Waals surface area contributed by atoms with Gasteiger partial charge in [-0.25, -0.2) is 8.42 Å². The highest BCUT2D eigenvalue weighted by Gasteiger charge is 2.29. The first-order valence-electron chi connectivity index (χ1n) is 6.00. The zero-order valence-electron chi connectivity index (χ0n) is 10.3. The fraction of sp³-hybridized carbons (Fsp3) is 0.462. The summed E-state index contributed by atoms with van der Waals surface area (Å²) < 4.78 is 26.2. The smallest absolute Gasteiger partial charge is 0.207 e. The Labute approximate surface area is 108 Å². The molecule has 0 aromatic heterocycles. The van der Waals surface area contributed by atoms with Crippen LogP contribution in [0.1, 0.15) is 18.4 Å². The van der Waals surface area contributed by atoms with Crippen LogP contribution in [0.4, 0.5) is 0 Å². The third-order valence-electron chi connectivity index (χ3n) is 3.30. The number of nitrogens with zero attached hydrogens (tertiary/aromatic N) is 2. The fourth-order valence-electron chi connectivity index (χ4n) is 2.08. The Kier molecular flexibility index (Phi) is 3.69. The standard InChI is InChI=1S/C13H16N2O2S/c1-11-2-4-13(5-3-11)18(16,17)15-8-6-12(10-14)7-9-15/h2-5,12H,6-9H2,1H3. The van der Waals surface area contributed by atoms with E-state index in [9.17, 15) is 8.42 Å². The summed E-state index contributed by atoms with van der Waals surface area (Å²) in [6, 6.07) is 9.08. The summed E-state index contributed by atoms with van der Waals surface area (Å²) in [6.07, 6.45) is 1.25. The normalized spacial score (nSPS) is 18.4. The van der Waals surface area contributed by atoms with Gasteiger partial charge in [-0.1, -0.05) is 17.7 Å². The Balaban J connectivity index is 2.18. The van der Waals surface area contributed by atoms with Crippen LogP contribution in [0, 0.1) is 24.2 Å². The number of piperidine rings is 1. The predicted octanol–water partition coefficient (Wildman–Crippen LogP) is 1.92. The second-order valence-corrected chi connectivity index (χ2v) is 6.56. The highest BCUT2D eigenvalue weighted by Crippen LogP contribution is 2.23. The van der Waals surface area contributed by atoms with Crippen molar-refractivity contribution in [1.82, 2.24) is 4.31 Å². The van der Waals surface area contributed by atoms with Crippen molar-refractivity contribution >= 4 is 10.0 Å². The molecule has 96 valence electrons. The summed E-state index contributed by atoms with van der Waals surface area (Å²) in [5.41, 5.74) is 1.04. The summed E-state index contributed by atoms with van der Waals surface area (Å²) in [5, 5.41) is 8.81. The quantitative estimate of drug-likeness (QED) is 0.820. The van der Waals surface area contributed by atoms with Crippen LogP contribution in [-0.4, -0.2) is 25.8 Å². The zero-order valence-corrected chi connectivity index (χ0v) is 11.2. The van der Waals surface area contributed by atoms with Gasteiger partial charge in [-0.15, -0.1) is 0 Å². The molecular weight excluding hydrogens is 248 g/mol. The Hall–Kier alpha value is -1.38. The summed E-state index contributed by atoms with van der Waals surface area (Å²) in [7, 11) is -3.39. The Morgan fingerprint density at radius 3 is 2.28 bits per heavy atom. The van der Waals surface area contributed by atoms with E-state index in [1.165, 1.54) is 4.31 Å². The van der Waals surface area contributed by atoms with Crippen molar-refractivity contribution in [1.29, 1.82) is 5.26 Å². The molecule has 0 aliphatic carbocycles. The Morgan fingerprint density at radius 2 is 1.78 bits per heavy atom. The molecule has 0 radical (unpaired) electrons. The van der Waals surface area contributed by atoms with E-state index in [0.29, 0.717) is 30.8 Å². The molecule has 4 nitrogen and oxygen atoms in total. The molecule has 0 unspecified atom stereocenters. The third-order valence-corrected chi connectivity index (χ3v) is 5.21. The van der Waals surface area contributed by atoms with Gasteiger partial charge < -0.3 is 0 Å². The minimum atomic E-state index is -3.39. The van der Waals surface area contributed by atoms with Crippen molar-refractivity contribution in [3.8, 4) is 6.07 Å². The van der Waals surface area contributed by atoms with Crippen molar-refractivity contribution in [2.45, 2.75) is 24.7 Å². The van der Waals surface area contributed by atoms with Gasteiger partial charge in [0.15, 0.2) is 0 Å². The number of hydrogen-bond donors (Lipinski definition) is 0. The molecule has 0 bridgehead atoms. The molecule has 1 aromatic rings. The van der Waals surface area contributed by atoms with E-state index in [1.54, 1.807) is 24.3 Å². The van der Waals surface area contributed by atoms with Crippen LogP contribution >= 0.6 is 0 Å². The van der Waals surface area contributed by atoms with Gasteiger partial charge >= 0.3 is 0 Å². The molecule has 1 aromatic carbocycles. The van der Waals surface area contributed by atoms with E-state index in [-0.39, 0.29) is 5.92 Å². The van der Waals surface area contributed by atoms with Gasteiger partial charge in [-0.05, 0) is 31.9 Å². The maximum absolute atomic E-state index is 12.3. The number of aryl methyl sites for hydroxylation is 1. The zero-order chi connectivity index (χ0) is 13.2. The van der Waals surface area contributed by atoms with Crippen LogP contribution in [0.15, 0.2) is 29.2 Å². The van der Waals surface area contributed by atoms with Gasteiger partial charge in [0.2, 0.25) is 10.0 Å². The number of benzene rings is 1. The second kappa shape index (κ2) is 5.09. The molecule has 0 spiro atoms. The van der Waals surface area contributed by atoms with Gasteiger partial charge in [0.1, 0.15) is 0 Å².